The minimum absolute atomic E-state index is 0.0234. The number of nitrogens with zero attached hydrogens (tertiary/aromatic N) is 5. The number of anilines is 1. The molecule has 2 heterocycles. The Bertz CT molecular complexity index is 871. The fourth-order valence-corrected chi connectivity index (χ4v) is 4.08. The maximum absolute atomic E-state index is 13.0. The van der Waals surface area contributed by atoms with Crippen molar-refractivity contribution < 1.29 is 18.0 Å². The first-order valence-electron chi connectivity index (χ1n) is 9.44. The van der Waals surface area contributed by atoms with Gasteiger partial charge in [-0.25, -0.2) is 22.7 Å². The topological polar surface area (TPSA) is 116 Å². The molecule has 1 N–H and O–H groups in total. The lowest BCUT2D eigenvalue weighted by molar-refractivity contribution is -0.122. The van der Waals surface area contributed by atoms with Crippen LogP contribution in [0.25, 0.3) is 0 Å². The third-order valence-corrected chi connectivity index (χ3v) is 5.89. The summed E-state index contributed by atoms with van der Waals surface area (Å²) in [4.78, 5) is 36.9. The van der Waals surface area contributed by atoms with Gasteiger partial charge in [0.25, 0.3) is 5.91 Å². The first kappa shape index (κ1) is 23.0. The number of carbonyl (C=O) groups excluding carboxylic acids is 2. The molecule has 0 aliphatic carbocycles. The summed E-state index contributed by atoms with van der Waals surface area (Å²) < 4.78 is 25.2. The first-order valence-corrected chi connectivity index (χ1v) is 11.3. The molecule has 2 amide bonds. The Morgan fingerprint density at radius 3 is 2.48 bits per heavy atom. The van der Waals surface area contributed by atoms with Gasteiger partial charge < -0.3 is 15.1 Å². The summed E-state index contributed by atoms with van der Waals surface area (Å²) in [6.07, 6.45) is 3.20. The molecule has 1 atom stereocenters. The van der Waals surface area contributed by atoms with Crippen molar-refractivity contribution in [2.75, 3.05) is 51.9 Å². The van der Waals surface area contributed by atoms with Crippen molar-refractivity contribution in [2.45, 2.75) is 32.2 Å². The lowest BCUT2D eigenvalue weighted by atomic mass is 9.99. The molecular weight excluding hydrogens is 396 g/mol. The number of aromatic nitrogens is 2. The molecule has 0 aromatic carbocycles. The van der Waals surface area contributed by atoms with E-state index in [4.69, 9.17) is 0 Å². The molecule has 1 aromatic rings. The number of hydrogen-bond acceptors (Lipinski definition) is 7. The molecule has 11 heteroatoms. The molecule has 29 heavy (non-hydrogen) atoms. The summed E-state index contributed by atoms with van der Waals surface area (Å²) in [7, 11) is 1.81. The highest BCUT2D eigenvalue weighted by Gasteiger charge is 2.34. The highest BCUT2D eigenvalue weighted by molar-refractivity contribution is 7.88. The van der Waals surface area contributed by atoms with Crippen molar-refractivity contribution in [2.24, 2.45) is 0 Å². The molecule has 162 valence electrons. The Balaban J connectivity index is 2.32. The number of hydrogen-bond donors (Lipinski definition) is 1. The summed E-state index contributed by atoms with van der Waals surface area (Å²) in [5, 5.41) is 2.75. The molecule has 1 saturated heterocycles. The second kappa shape index (κ2) is 9.04. The SMILES string of the molecule is CC(C)NC(=O)CN(C)C(=O)c1cnc(N(C)C)nc1C1CCN(S(C)(=O)=O)C1. The van der Waals surface area contributed by atoms with Crippen LogP contribution in [0.2, 0.25) is 0 Å². The fourth-order valence-electron chi connectivity index (χ4n) is 3.19. The van der Waals surface area contributed by atoms with Crippen LogP contribution in [0, 0.1) is 0 Å². The molecular formula is C18H30N6O4S. The second-order valence-electron chi connectivity index (χ2n) is 7.85. The van der Waals surface area contributed by atoms with Crippen LogP contribution in [0.5, 0.6) is 0 Å². The van der Waals surface area contributed by atoms with Crippen molar-refractivity contribution in [1.29, 1.82) is 0 Å². The molecule has 2 rings (SSSR count). The Morgan fingerprint density at radius 1 is 1.31 bits per heavy atom. The smallest absolute Gasteiger partial charge is 0.257 e. The van der Waals surface area contributed by atoms with E-state index in [0.29, 0.717) is 24.6 Å². The molecule has 1 unspecified atom stereocenters. The molecule has 0 bridgehead atoms. The van der Waals surface area contributed by atoms with Gasteiger partial charge in [-0.2, -0.15) is 0 Å². The summed E-state index contributed by atoms with van der Waals surface area (Å²) in [6.45, 7) is 4.25. The number of nitrogens with one attached hydrogen (secondary N) is 1. The van der Waals surface area contributed by atoms with Crippen LogP contribution in [0.4, 0.5) is 5.95 Å². The van der Waals surface area contributed by atoms with E-state index < -0.39 is 10.0 Å². The van der Waals surface area contributed by atoms with E-state index in [1.807, 2.05) is 13.8 Å². The zero-order valence-corrected chi connectivity index (χ0v) is 18.7. The van der Waals surface area contributed by atoms with E-state index in [9.17, 15) is 18.0 Å². The van der Waals surface area contributed by atoms with E-state index in [-0.39, 0.29) is 42.4 Å². The van der Waals surface area contributed by atoms with Gasteiger partial charge in [-0.15, -0.1) is 0 Å². The largest absolute Gasteiger partial charge is 0.352 e. The Morgan fingerprint density at radius 2 is 1.97 bits per heavy atom. The Labute approximate surface area is 172 Å². The van der Waals surface area contributed by atoms with Crippen molar-refractivity contribution in [1.82, 2.24) is 24.5 Å². The van der Waals surface area contributed by atoms with E-state index in [2.05, 4.69) is 15.3 Å². The van der Waals surface area contributed by atoms with Crippen molar-refractivity contribution >= 4 is 27.8 Å². The number of sulfonamides is 1. The average molecular weight is 427 g/mol. The van der Waals surface area contributed by atoms with E-state index in [1.54, 1.807) is 26.0 Å². The van der Waals surface area contributed by atoms with Gasteiger partial charge in [-0.05, 0) is 20.3 Å². The highest BCUT2D eigenvalue weighted by Crippen LogP contribution is 2.30. The van der Waals surface area contributed by atoms with E-state index in [1.165, 1.54) is 21.7 Å². The summed E-state index contributed by atoms with van der Waals surface area (Å²) in [6, 6.07) is -0.0234. The van der Waals surface area contributed by atoms with Crippen molar-refractivity contribution in [3.05, 3.63) is 17.5 Å². The predicted octanol–water partition coefficient (Wildman–Crippen LogP) is -0.112. The third kappa shape index (κ3) is 5.86. The van der Waals surface area contributed by atoms with Crippen LogP contribution in [-0.2, 0) is 14.8 Å². The van der Waals surface area contributed by atoms with E-state index >= 15 is 0 Å². The van der Waals surface area contributed by atoms with Gasteiger partial charge in [0.05, 0.1) is 24.1 Å². The van der Waals surface area contributed by atoms with Gasteiger partial charge in [0, 0.05) is 52.4 Å². The zero-order chi connectivity index (χ0) is 21.9. The van der Waals surface area contributed by atoms with Gasteiger partial charge in [0.1, 0.15) is 0 Å². The van der Waals surface area contributed by atoms with Crippen molar-refractivity contribution in [3.8, 4) is 0 Å². The quantitative estimate of drug-likeness (QED) is 0.647. The molecule has 1 aliphatic heterocycles. The lowest BCUT2D eigenvalue weighted by Gasteiger charge is -2.22. The maximum atomic E-state index is 13.0. The van der Waals surface area contributed by atoms with Gasteiger partial charge in [-0.1, -0.05) is 0 Å². The van der Waals surface area contributed by atoms with Crippen molar-refractivity contribution in [3.63, 3.8) is 0 Å². The van der Waals surface area contributed by atoms with Crippen LogP contribution >= 0.6 is 0 Å². The Hall–Kier alpha value is -2.27. The van der Waals surface area contributed by atoms with Gasteiger partial charge in [0.15, 0.2) is 0 Å². The number of carbonyl (C=O) groups is 2. The number of likely N-dealkylation sites (N-methyl/N-ethyl adjacent to an activating group) is 1. The number of rotatable bonds is 7. The van der Waals surface area contributed by atoms with Crippen LogP contribution < -0.4 is 10.2 Å². The van der Waals surface area contributed by atoms with E-state index in [0.717, 1.165) is 0 Å². The van der Waals surface area contributed by atoms with Crippen LogP contribution in [0.1, 0.15) is 42.2 Å². The van der Waals surface area contributed by atoms with Crippen LogP contribution in [-0.4, -0.2) is 92.5 Å². The minimum atomic E-state index is -3.32. The lowest BCUT2D eigenvalue weighted by Crippen LogP contribution is -2.41. The molecule has 0 spiro atoms. The van der Waals surface area contributed by atoms with Gasteiger partial charge in [-0.3, -0.25) is 9.59 Å². The highest BCUT2D eigenvalue weighted by atomic mass is 32.2. The first-order chi connectivity index (χ1) is 13.4. The van der Waals surface area contributed by atoms with Crippen LogP contribution in [0.3, 0.4) is 0 Å². The second-order valence-corrected chi connectivity index (χ2v) is 9.84. The molecule has 10 nitrogen and oxygen atoms in total. The molecule has 1 aromatic heterocycles. The minimum Gasteiger partial charge on any atom is -0.352 e. The third-order valence-electron chi connectivity index (χ3n) is 4.62. The zero-order valence-electron chi connectivity index (χ0n) is 17.8. The summed E-state index contributed by atoms with van der Waals surface area (Å²) in [5.41, 5.74) is 0.798. The predicted molar refractivity (Wildman–Crippen MR) is 110 cm³/mol. The summed E-state index contributed by atoms with van der Waals surface area (Å²) in [5.74, 6) is -0.410. The molecule has 0 radical (unpaired) electrons. The monoisotopic (exact) mass is 426 g/mol. The normalized spacial score (nSPS) is 17.4. The standard InChI is InChI=1S/C18H30N6O4S/c1-12(2)20-15(25)11-23(5)17(26)14-9-19-18(22(3)4)21-16(14)13-7-8-24(10-13)29(6,27)28/h9,12-13H,7-8,10-11H2,1-6H3,(H,20,25). The average Bonchev–Trinajstić information content (AvgIpc) is 3.10. The molecule has 1 fully saturated rings. The maximum Gasteiger partial charge on any atom is 0.257 e. The summed E-state index contributed by atoms with van der Waals surface area (Å²) >= 11 is 0. The van der Waals surface area contributed by atoms with Gasteiger partial charge >= 0.3 is 0 Å². The van der Waals surface area contributed by atoms with Gasteiger partial charge in [0.2, 0.25) is 21.9 Å². The Kier molecular flexibility index (Phi) is 7.17. The fraction of sp³-hybridized carbons (Fsp3) is 0.667. The van der Waals surface area contributed by atoms with Crippen LogP contribution in [0.15, 0.2) is 6.20 Å². The molecule has 1 aliphatic rings. The molecule has 0 saturated carbocycles. The number of amides is 2.